The summed E-state index contributed by atoms with van der Waals surface area (Å²) in [5.74, 6) is 1.87. The highest BCUT2D eigenvalue weighted by molar-refractivity contribution is 5.97. The number of hydrogen-bond acceptors (Lipinski definition) is 6. The summed E-state index contributed by atoms with van der Waals surface area (Å²) in [4.78, 5) is 15.0. The number of fused-ring (bicyclic) bond motifs is 1. The third kappa shape index (κ3) is 5.47. The average Bonchev–Trinajstić information content (AvgIpc) is 3.25. The Balaban J connectivity index is 1.42. The molecule has 2 heterocycles. The molecular weight excluding hydrogens is 406 g/mol. The number of nitrogens with one attached hydrogen (secondary N) is 1. The largest absolute Gasteiger partial charge is 0.492 e. The lowest BCUT2D eigenvalue weighted by Gasteiger charge is -2.26. The van der Waals surface area contributed by atoms with Gasteiger partial charge in [0.1, 0.15) is 18.1 Å². The highest BCUT2D eigenvalue weighted by Crippen LogP contribution is 2.29. The van der Waals surface area contributed by atoms with Crippen molar-refractivity contribution in [2.45, 2.75) is 32.6 Å². The van der Waals surface area contributed by atoms with Gasteiger partial charge in [-0.1, -0.05) is 56.3 Å². The van der Waals surface area contributed by atoms with E-state index in [0.29, 0.717) is 12.4 Å². The Kier molecular flexibility index (Phi) is 6.77. The zero-order chi connectivity index (χ0) is 22.6. The van der Waals surface area contributed by atoms with E-state index in [0.717, 1.165) is 60.7 Å². The summed E-state index contributed by atoms with van der Waals surface area (Å²) in [6.07, 6.45) is 0.242. The maximum Gasteiger partial charge on any atom is 0.230 e. The van der Waals surface area contributed by atoms with Gasteiger partial charge >= 0.3 is 0 Å². The Labute approximate surface area is 188 Å². The molecule has 0 unspecified atom stereocenters. The van der Waals surface area contributed by atoms with Crippen molar-refractivity contribution in [1.82, 2.24) is 10.1 Å². The minimum atomic E-state index is -0.163. The van der Waals surface area contributed by atoms with Crippen molar-refractivity contribution in [3.63, 3.8) is 0 Å². The van der Waals surface area contributed by atoms with Crippen molar-refractivity contribution >= 4 is 22.5 Å². The Morgan fingerprint density at radius 2 is 1.88 bits per heavy atom. The van der Waals surface area contributed by atoms with Gasteiger partial charge in [-0.2, -0.15) is 0 Å². The van der Waals surface area contributed by atoms with E-state index >= 15 is 0 Å². The van der Waals surface area contributed by atoms with Gasteiger partial charge in [-0.05, 0) is 17.0 Å². The molecule has 7 heteroatoms. The lowest BCUT2D eigenvalue weighted by atomic mass is 9.93. The number of amides is 1. The second kappa shape index (κ2) is 9.71. The Hall–Kier alpha value is -2.90. The second-order valence-corrected chi connectivity index (χ2v) is 9.12. The zero-order valence-electron chi connectivity index (χ0n) is 19.0. The number of carbonyl (C=O) groups is 1. The van der Waals surface area contributed by atoms with Gasteiger partial charge in [0.05, 0.1) is 19.6 Å². The van der Waals surface area contributed by atoms with Crippen molar-refractivity contribution in [1.29, 1.82) is 0 Å². The van der Waals surface area contributed by atoms with E-state index in [2.05, 4.69) is 15.4 Å². The molecule has 0 bridgehead atoms. The van der Waals surface area contributed by atoms with E-state index in [9.17, 15) is 4.79 Å². The third-order valence-corrected chi connectivity index (χ3v) is 5.61. The van der Waals surface area contributed by atoms with Gasteiger partial charge < -0.3 is 19.3 Å². The molecule has 1 saturated heterocycles. The molecule has 32 heavy (non-hydrogen) atoms. The summed E-state index contributed by atoms with van der Waals surface area (Å²) in [6, 6.07) is 13.7. The van der Waals surface area contributed by atoms with Crippen LogP contribution in [0.15, 0.2) is 47.0 Å². The average molecular weight is 438 g/mol. The standard InChI is InChI=1S/C25H31N3O4/c1-25(2,3)22-17-23(27-32-22)26-24(29)16-18-8-9-21(20-7-5-4-6-19(18)20)31-15-12-28-10-13-30-14-11-28/h4-9,17H,10-16H2,1-3H3,(H,26,27,29). The van der Waals surface area contributed by atoms with Gasteiger partial charge in [-0.25, -0.2) is 0 Å². The van der Waals surface area contributed by atoms with E-state index in [1.807, 2.05) is 57.2 Å². The van der Waals surface area contributed by atoms with Crippen molar-refractivity contribution in [3.8, 4) is 5.75 Å². The van der Waals surface area contributed by atoms with Crippen molar-refractivity contribution in [3.05, 3.63) is 53.8 Å². The predicted octanol–water partition coefficient (Wildman–Crippen LogP) is 4.02. The first kappa shape index (κ1) is 22.3. The molecule has 0 radical (unpaired) electrons. The van der Waals surface area contributed by atoms with Crippen LogP contribution >= 0.6 is 0 Å². The quantitative estimate of drug-likeness (QED) is 0.602. The van der Waals surface area contributed by atoms with Crippen molar-refractivity contribution < 1.29 is 18.8 Å². The van der Waals surface area contributed by atoms with E-state index in [4.69, 9.17) is 14.0 Å². The molecule has 3 aromatic rings. The summed E-state index contributed by atoms with van der Waals surface area (Å²) in [7, 11) is 0. The summed E-state index contributed by atoms with van der Waals surface area (Å²) < 4.78 is 16.9. The number of morpholine rings is 1. The van der Waals surface area contributed by atoms with Crippen LogP contribution in [-0.4, -0.2) is 55.4 Å². The summed E-state index contributed by atoms with van der Waals surface area (Å²) >= 11 is 0. The maximum atomic E-state index is 12.7. The normalized spacial score (nSPS) is 15.1. The highest BCUT2D eigenvalue weighted by Gasteiger charge is 2.20. The second-order valence-electron chi connectivity index (χ2n) is 9.12. The molecule has 2 aromatic carbocycles. The van der Waals surface area contributed by atoms with Gasteiger partial charge in [-0.15, -0.1) is 0 Å². The van der Waals surface area contributed by atoms with Gasteiger partial charge in [-0.3, -0.25) is 9.69 Å². The molecule has 1 aliphatic heterocycles. The van der Waals surface area contributed by atoms with Crippen LogP contribution < -0.4 is 10.1 Å². The number of carbonyl (C=O) groups excluding carboxylic acids is 1. The molecule has 1 aromatic heterocycles. The molecule has 0 aliphatic carbocycles. The van der Waals surface area contributed by atoms with E-state index < -0.39 is 0 Å². The van der Waals surface area contributed by atoms with Crippen molar-refractivity contribution in [2.75, 3.05) is 44.8 Å². The minimum Gasteiger partial charge on any atom is -0.492 e. The van der Waals surface area contributed by atoms with Crippen LogP contribution in [0.3, 0.4) is 0 Å². The van der Waals surface area contributed by atoms with Gasteiger partial charge in [0.15, 0.2) is 5.82 Å². The molecule has 0 spiro atoms. The summed E-state index contributed by atoms with van der Waals surface area (Å²) in [5, 5.41) is 8.84. The van der Waals surface area contributed by atoms with Crippen LogP contribution in [0.5, 0.6) is 5.75 Å². The molecule has 7 nitrogen and oxygen atoms in total. The lowest BCUT2D eigenvalue weighted by Crippen LogP contribution is -2.38. The topological polar surface area (TPSA) is 76.8 Å². The number of nitrogens with zero attached hydrogens (tertiary/aromatic N) is 2. The number of hydrogen-bond donors (Lipinski definition) is 1. The number of ether oxygens (including phenoxy) is 2. The van der Waals surface area contributed by atoms with Crippen LogP contribution in [0.25, 0.3) is 10.8 Å². The number of aromatic nitrogens is 1. The number of rotatable bonds is 7. The Morgan fingerprint density at radius 3 is 2.59 bits per heavy atom. The fourth-order valence-corrected chi connectivity index (χ4v) is 3.77. The highest BCUT2D eigenvalue weighted by atomic mass is 16.5. The molecule has 1 amide bonds. The lowest BCUT2D eigenvalue weighted by molar-refractivity contribution is -0.115. The van der Waals surface area contributed by atoms with Crippen LogP contribution in [0, 0.1) is 0 Å². The van der Waals surface area contributed by atoms with Crippen LogP contribution in [0.4, 0.5) is 5.82 Å². The molecule has 1 N–H and O–H groups in total. The fourth-order valence-electron chi connectivity index (χ4n) is 3.77. The monoisotopic (exact) mass is 437 g/mol. The molecule has 0 atom stereocenters. The summed E-state index contributed by atoms with van der Waals surface area (Å²) in [6.45, 7) is 11.1. The van der Waals surface area contributed by atoms with Crippen molar-refractivity contribution in [2.24, 2.45) is 0 Å². The minimum absolute atomic E-state index is 0.134. The predicted molar refractivity (Wildman–Crippen MR) is 124 cm³/mol. The number of anilines is 1. The first-order valence-electron chi connectivity index (χ1n) is 11.1. The molecule has 1 fully saturated rings. The van der Waals surface area contributed by atoms with Gasteiger partial charge in [0.2, 0.25) is 5.91 Å². The van der Waals surface area contributed by atoms with E-state index in [-0.39, 0.29) is 17.7 Å². The van der Waals surface area contributed by atoms with Gasteiger partial charge in [0, 0.05) is 36.5 Å². The third-order valence-electron chi connectivity index (χ3n) is 5.61. The maximum absolute atomic E-state index is 12.7. The molecule has 170 valence electrons. The zero-order valence-corrected chi connectivity index (χ0v) is 19.0. The summed E-state index contributed by atoms with van der Waals surface area (Å²) in [5.41, 5.74) is 0.780. The molecule has 1 aliphatic rings. The van der Waals surface area contributed by atoms with Gasteiger partial charge in [0.25, 0.3) is 0 Å². The van der Waals surface area contributed by atoms with Crippen LogP contribution in [-0.2, 0) is 21.4 Å². The fraction of sp³-hybridized carbons (Fsp3) is 0.440. The first-order valence-corrected chi connectivity index (χ1v) is 11.1. The van der Waals surface area contributed by atoms with Crippen LogP contribution in [0.2, 0.25) is 0 Å². The van der Waals surface area contributed by atoms with E-state index in [1.165, 1.54) is 0 Å². The first-order chi connectivity index (χ1) is 15.4. The SMILES string of the molecule is CC(C)(C)c1cc(NC(=O)Cc2ccc(OCCN3CCOCC3)c3ccccc23)no1. The number of benzene rings is 2. The molecular formula is C25H31N3O4. The Bertz CT molecular complexity index is 1060. The molecule has 4 rings (SSSR count). The van der Waals surface area contributed by atoms with E-state index in [1.54, 1.807) is 6.07 Å². The molecule has 0 saturated carbocycles. The Morgan fingerprint density at radius 1 is 1.12 bits per heavy atom. The van der Waals surface area contributed by atoms with Crippen LogP contribution in [0.1, 0.15) is 32.1 Å². The smallest absolute Gasteiger partial charge is 0.230 e.